The van der Waals surface area contributed by atoms with Crippen LogP contribution in [0.4, 0.5) is 0 Å². The molecule has 0 aliphatic heterocycles. The van der Waals surface area contributed by atoms with Crippen molar-refractivity contribution in [2.24, 2.45) is 0 Å². The average molecular weight is 164 g/mol. The second kappa shape index (κ2) is 6.09. The van der Waals surface area contributed by atoms with Gasteiger partial charge in [0.25, 0.3) is 0 Å². The van der Waals surface area contributed by atoms with E-state index < -0.39 is 6.10 Å². The lowest BCUT2D eigenvalue weighted by Gasteiger charge is -2.07. The van der Waals surface area contributed by atoms with Crippen LogP contribution in [0.15, 0.2) is 0 Å². The summed E-state index contributed by atoms with van der Waals surface area (Å²) in [4.78, 5) is 14.1. The minimum absolute atomic E-state index is 0.146. The maximum absolute atomic E-state index is 10.5. The molecule has 0 aliphatic carbocycles. The van der Waals surface area contributed by atoms with Gasteiger partial charge in [-0.3, -0.25) is 10.1 Å². The lowest BCUT2D eigenvalue weighted by atomic mass is 10.4. The van der Waals surface area contributed by atoms with Crippen molar-refractivity contribution in [1.29, 1.82) is 0 Å². The minimum Gasteiger partial charge on any atom is -0.463 e. The van der Waals surface area contributed by atoms with Crippen LogP contribution in [-0.2, 0) is 14.4 Å². The Labute approximate surface area is 64.5 Å². The normalized spacial score (nSPS) is 12.6. The molecule has 0 aromatic carbocycles. The smallest absolute Gasteiger partial charge is 0.305 e. The topological polar surface area (TPSA) is 76.0 Å². The van der Waals surface area contributed by atoms with E-state index >= 15 is 0 Å². The highest BCUT2D eigenvalue weighted by molar-refractivity contribution is 5.68. The fourth-order valence-corrected chi connectivity index (χ4v) is 0.425. The molecule has 11 heavy (non-hydrogen) atoms. The summed E-state index contributed by atoms with van der Waals surface area (Å²) >= 11 is 0. The van der Waals surface area contributed by atoms with Gasteiger partial charge in [-0.2, -0.15) is 0 Å². The fraction of sp³-hybridized carbons (Fsp3) is 0.833. The number of esters is 1. The predicted octanol–water partition coefficient (Wildman–Crippen LogP) is -0.210. The highest BCUT2D eigenvalue weighted by atomic mass is 17.1. The molecule has 0 spiro atoms. The Hall–Kier alpha value is -0.650. The van der Waals surface area contributed by atoms with Crippen molar-refractivity contribution in [2.45, 2.75) is 19.4 Å². The summed E-state index contributed by atoms with van der Waals surface area (Å²) in [6, 6.07) is 0. The van der Waals surface area contributed by atoms with Crippen LogP contribution >= 0.6 is 0 Å². The zero-order valence-corrected chi connectivity index (χ0v) is 6.32. The van der Waals surface area contributed by atoms with E-state index in [0.717, 1.165) is 0 Å². The van der Waals surface area contributed by atoms with Crippen molar-refractivity contribution in [3.63, 3.8) is 0 Å². The molecule has 0 amide bonds. The predicted molar refractivity (Wildman–Crippen MR) is 35.8 cm³/mol. The van der Waals surface area contributed by atoms with E-state index in [-0.39, 0.29) is 25.6 Å². The maximum atomic E-state index is 10.5. The summed E-state index contributed by atoms with van der Waals surface area (Å²) in [6.07, 6.45) is -0.692. The number of carbonyl (C=O) groups is 1. The van der Waals surface area contributed by atoms with Crippen LogP contribution in [0.25, 0.3) is 0 Å². The Bertz CT molecular complexity index is 114. The van der Waals surface area contributed by atoms with Gasteiger partial charge in [0, 0.05) is 6.42 Å². The fourth-order valence-electron chi connectivity index (χ4n) is 0.425. The van der Waals surface area contributed by atoms with Crippen LogP contribution in [0.3, 0.4) is 0 Å². The minimum atomic E-state index is -0.963. The van der Waals surface area contributed by atoms with Gasteiger partial charge >= 0.3 is 5.97 Å². The highest BCUT2D eigenvalue weighted by Gasteiger charge is 2.06. The Kier molecular flexibility index (Phi) is 5.73. The molecule has 0 rings (SSSR count). The number of carbonyl (C=O) groups excluding carboxylic acids is 1. The monoisotopic (exact) mass is 164 g/mol. The molecule has 0 saturated heterocycles. The summed E-state index contributed by atoms with van der Waals surface area (Å²) in [5, 5.41) is 16.7. The van der Waals surface area contributed by atoms with Gasteiger partial charge in [0.05, 0.1) is 0 Å². The molecule has 2 N–H and O–H groups in total. The van der Waals surface area contributed by atoms with Crippen LogP contribution in [0, 0.1) is 0 Å². The van der Waals surface area contributed by atoms with Gasteiger partial charge in [-0.25, -0.2) is 4.89 Å². The lowest BCUT2D eigenvalue weighted by Crippen LogP contribution is -2.22. The average Bonchev–Trinajstić information content (AvgIpc) is 2.01. The Morgan fingerprint density at radius 2 is 2.18 bits per heavy atom. The van der Waals surface area contributed by atoms with Crippen LogP contribution in [0.1, 0.15) is 13.3 Å². The first kappa shape index (κ1) is 10.3. The quantitative estimate of drug-likeness (QED) is 0.334. The standard InChI is InChI=1S/C6H12O5/c1-2-6(8)10-3-5(7)4-11-9/h5,7,9H,2-4H2,1H3. The summed E-state index contributed by atoms with van der Waals surface area (Å²) in [6.45, 7) is 1.25. The first-order valence-corrected chi connectivity index (χ1v) is 3.30. The first-order chi connectivity index (χ1) is 5.20. The third kappa shape index (κ3) is 5.78. The lowest BCUT2D eigenvalue weighted by molar-refractivity contribution is -0.259. The number of aliphatic hydroxyl groups is 1. The third-order valence-corrected chi connectivity index (χ3v) is 0.992. The number of aliphatic hydroxyl groups excluding tert-OH is 1. The van der Waals surface area contributed by atoms with Gasteiger partial charge in [0.1, 0.15) is 19.3 Å². The summed E-state index contributed by atoms with van der Waals surface area (Å²) in [5.41, 5.74) is 0. The maximum Gasteiger partial charge on any atom is 0.305 e. The molecule has 0 saturated carbocycles. The molecule has 5 heteroatoms. The van der Waals surface area contributed by atoms with Crippen LogP contribution in [0.2, 0.25) is 0 Å². The molecular weight excluding hydrogens is 152 g/mol. The van der Waals surface area contributed by atoms with E-state index in [2.05, 4.69) is 9.62 Å². The molecule has 1 unspecified atom stereocenters. The van der Waals surface area contributed by atoms with Crippen molar-refractivity contribution >= 4 is 5.97 Å². The van der Waals surface area contributed by atoms with Crippen LogP contribution in [-0.4, -0.2) is 35.7 Å². The second-order valence-corrected chi connectivity index (χ2v) is 1.99. The van der Waals surface area contributed by atoms with Crippen molar-refractivity contribution in [2.75, 3.05) is 13.2 Å². The van der Waals surface area contributed by atoms with E-state index in [1.165, 1.54) is 0 Å². The van der Waals surface area contributed by atoms with Gasteiger partial charge in [0.2, 0.25) is 0 Å². The SMILES string of the molecule is CCC(=O)OCC(O)COO. The van der Waals surface area contributed by atoms with Crippen molar-refractivity contribution in [1.82, 2.24) is 0 Å². The van der Waals surface area contributed by atoms with E-state index in [0.29, 0.717) is 0 Å². The molecule has 0 aromatic rings. The zero-order valence-electron chi connectivity index (χ0n) is 6.32. The summed E-state index contributed by atoms with van der Waals surface area (Å²) in [5.74, 6) is -0.387. The van der Waals surface area contributed by atoms with E-state index in [4.69, 9.17) is 10.4 Å². The number of ether oxygens (including phenoxy) is 1. The molecule has 0 aromatic heterocycles. The molecule has 66 valence electrons. The largest absolute Gasteiger partial charge is 0.463 e. The van der Waals surface area contributed by atoms with Gasteiger partial charge in [-0.15, -0.1) is 0 Å². The van der Waals surface area contributed by atoms with Crippen molar-refractivity contribution in [3.8, 4) is 0 Å². The van der Waals surface area contributed by atoms with E-state index in [9.17, 15) is 4.79 Å². The van der Waals surface area contributed by atoms with Crippen LogP contribution in [0.5, 0.6) is 0 Å². The number of hydrogen-bond acceptors (Lipinski definition) is 5. The Balaban J connectivity index is 3.29. The van der Waals surface area contributed by atoms with Gasteiger partial charge in [-0.1, -0.05) is 6.92 Å². The molecule has 0 radical (unpaired) electrons. The molecule has 1 atom stereocenters. The van der Waals surface area contributed by atoms with Gasteiger partial charge in [-0.05, 0) is 0 Å². The molecule has 0 heterocycles. The van der Waals surface area contributed by atoms with Crippen LogP contribution < -0.4 is 0 Å². The Morgan fingerprint density at radius 1 is 1.55 bits per heavy atom. The number of hydrogen-bond donors (Lipinski definition) is 2. The van der Waals surface area contributed by atoms with Gasteiger partial charge < -0.3 is 9.84 Å². The zero-order chi connectivity index (χ0) is 8.69. The molecular formula is C6H12O5. The number of rotatable bonds is 5. The Morgan fingerprint density at radius 3 is 2.64 bits per heavy atom. The van der Waals surface area contributed by atoms with Crippen molar-refractivity contribution < 1.29 is 24.8 Å². The third-order valence-electron chi connectivity index (χ3n) is 0.992. The highest BCUT2D eigenvalue weighted by Crippen LogP contribution is 1.89. The first-order valence-electron chi connectivity index (χ1n) is 3.30. The van der Waals surface area contributed by atoms with Crippen molar-refractivity contribution in [3.05, 3.63) is 0 Å². The molecule has 0 bridgehead atoms. The van der Waals surface area contributed by atoms with E-state index in [1.807, 2.05) is 0 Å². The molecule has 0 aliphatic rings. The molecule has 5 nitrogen and oxygen atoms in total. The summed E-state index contributed by atoms with van der Waals surface area (Å²) in [7, 11) is 0. The summed E-state index contributed by atoms with van der Waals surface area (Å²) < 4.78 is 4.53. The molecule has 0 fully saturated rings. The second-order valence-electron chi connectivity index (χ2n) is 1.99. The van der Waals surface area contributed by atoms with Gasteiger partial charge in [0.15, 0.2) is 0 Å². The van der Waals surface area contributed by atoms with E-state index in [1.54, 1.807) is 6.92 Å².